The maximum Gasteiger partial charge on any atom is 0.243 e. The van der Waals surface area contributed by atoms with Gasteiger partial charge >= 0.3 is 0 Å². The lowest BCUT2D eigenvalue weighted by atomic mass is 9.63. The van der Waals surface area contributed by atoms with E-state index in [0.29, 0.717) is 5.02 Å². The monoisotopic (exact) mass is 448 g/mol. The number of carbonyl (C=O) groups excluding carboxylic acids is 2. The summed E-state index contributed by atoms with van der Waals surface area (Å²) in [5, 5.41) is 3.54. The van der Waals surface area contributed by atoms with Crippen LogP contribution in [-0.4, -0.2) is 30.3 Å². The number of hydrogen-bond donors (Lipinski definition) is 1. The summed E-state index contributed by atoms with van der Waals surface area (Å²) in [6.45, 7) is 1.95. The third kappa shape index (κ3) is 4.19. The van der Waals surface area contributed by atoms with Gasteiger partial charge in [0.2, 0.25) is 11.8 Å². The van der Waals surface area contributed by atoms with Crippen molar-refractivity contribution in [1.29, 1.82) is 0 Å². The van der Waals surface area contributed by atoms with E-state index >= 15 is 0 Å². The fraction of sp³-hybridized carbons (Fsp3) is 0.333. The topological polar surface area (TPSA) is 49.4 Å². The summed E-state index contributed by atoms with van der Waals surface area (Å²) in [4.78, 5) is 27.1. The highest BCUT2D eigenvalue weighted by atomic mass is 79.9. The number of amides is 2. The number of likely N-dealkylation sites (N-methyl/N-ethyl adjacent to an activating group) is 1. The van der Waals surface area contributed by atoms with Gasteiger partial charge in [0, 0.05) is 22.2 Å². The number of aryl methyl sites for hydroxylation is 1. The first-order chi connectivity index (χ1) is 12.8. The van der Waals surface area contributed by atoms with Crippen LogP contribution in [0.25, 0.3) is 0 Å². The van der Waals surface area contributed by atoms with Gasteiger partial charge in [-0.1, -0.05) is 46.1 Å². The number of benzene rings is 2. The van der Waals surface area contributed by atoms with E-state index in [4.69, 9.17) is 11.6 Å². The number of nitrogens with zero attached hydrogens (tertiary/aromatic N) is 1. The minimum absolute atomic E-state index is 0.0150. The largest absolute Gasteiger partial charge is 0.336 e. The second-order valence-electron chi connectivity index (χ2n) is 7.11. The molecule has 0 aliphatic heterocycles. The molecule has 1 N–H and O–H groups in total. The average Bonchev–Trinajstić information content (AvgIpc) is 2.58. The lowest BCUT2D eigenvalue weighted by Crippen LogP contribution is -2.51. The predicted molar refractivity (Wildman–Crippen MR) is 112 cm³/mol. The molecule has 2 aromatic rings. The van der Waals surface area contributed by atoms with Gasteiger partial charge in [-0.15, -0.1) is 0 Å². The van der Waals surface area contributed by atoms with E-state index in [1.54, 1.807) is 7.05 Å². The molecule has 0 aromatic heterocycles. The number of anilines is 1. The van der Waals surface area contributed by atoms with E-state index in [1.807, 2.05) is 49.4 Å². The molecule has 2 amide bonds. The lowest BCUT2D eigenvalue weighted by molar-refractivity contribution is -0.141. The van der Waals surface area contributed by atoms with Crippen molar-refractivity contribution in [1.82, 2.24) is 4.90 Å². The van der Waals surface area contributed by atoms with Crippen molar-refractivity contribution in [2.24, 2.45) is 0 Å². The molecular weight excluding hydrogens is 428 g/mol. The molecule has 142 valence electrons. The van der Waals surface area contributed by atoms with Crippen LogP contribution >= 0.6 is 27.5 Å². The van der Waals surface area contributed by atoms with Crippen molar-refractivity contribution >= 4 is 45.0 Å². The highest BCUT2D eigenvalue weighted by molar-refractivity contribution is 9.10. The van der Waals surface area contributed by atoms with Gasteiger partial charge in [0.1, 0.15) is 0 Å². The molecule has 0 saturated heterocycles. The maximum atomic E-state index is 13.1. The second-order valence-corrected chi connectivity index (χ2v) is 8.46. The highest BCUT2D eigenvalue weighted by Gasteiger charge is 2.47. The Morgan fingerprint density at radius 3 is 2.41 bits per heavy atom. The SMILES string of the molecule is Cc1cc(Br)ccc1NC(=O)CN(C)C(=O)C1(c2ccc(Cl)cc2)CCC1. The van der Waals surface area contributed by atoms with E-state index in [0.717, 1.165) is 40.5 Å². The van der Waals surface area contributed by atoms with Crippen LogP contribution in [-0.2, 0) is 15.0 Å². The first kappa shape index (κ1) is 19.9. The summed E-state index contributed by atoms with van der Waals surface area (Å²) in [6, 6.07) is 13.1. The zero-order valence-corrected chi connectivity index (χ0v) is 17.7. The van der Waals surface area contributed by atoms with Crippen LogP contribution in [0.5, 0.6) is 0 Å². The van der Waals surface area contributed by atoms with E-state index in [2.05, 4.69) is 21.2 Å². The molecular formula is C21H22BrClN2O2. The quantitative estimate of drug-likeness (QED) is 0.703. The van der Waals surface area contributed by atoms with Gasteiger partial charge in [0.15, 0.2) is 0 Å². The Kier molecular flexibility index (Phi) is 5.92. The Hall–Kier alpha value is -1.85. The van der Waals surface area contributed by atoms with Gasteiger partial charge in [0.25, 0.3) is 0 Å². The van der Waals surface area contributed by atoms with Crippen LogP contribution in [0.3, 0.4) is 0 Å². The van der Waals surface area contributed by atoms with Crippen molar-refractivity contribution in [3.63, 3.8) is 0 Å². The molecule has 0 atom stereocenters. The Morgan fingerprint density at radius 2 is 1.85 bits per heavy atom. The standard InChI is InChI=1S/C21H22BrClN2O2/c1-14-12-16(22)6-9-18(14)24-19(26)13-25(2)20(27)21(10-3-11-21)15-4-7-17(23)8-5-15/h4-9,12H,3,10-11,13H2,1-2H3,(H,24,26). The molecule has 1 aliphatic rings. The number of rotatable bonds is 5. The minimum atomic E-state index is -0.535. The van der Waals surface area contributed by atoms with Crippen molar-refractivity contribution in [2.45, 2.75) is 31.6 Å². The number of hydrogen-bond acceptors (Lipinski definition) is 2. The van der Waals surface area contributed by atoms with Crippen LogP contribution in [0.1, 0.15) is 30.4 Å². The molecule has 0 radical (unpaired) electrons. The molecule has 0 unspecified atom stereocenters. The summed E-state index contributed by atoms with van der Waals surface area (Å²) in [6.07, 6.45) is 2.60. The molecule has 2 aromatic carbocycles. The molecule has 0 bridgehead atoms. The summed E-state index contributed by atoms with van der Waals surface area (Å²) in [5.41, 5.74) is 2.15. The Labute approximate surface area is 173 Å². The van der Waals surface area contributed by atoms with E-state index in [-0.39, 0.29) is 18.4 Å². The average molecular weight is 450 g/mol. The van der Waals surface area contributed by atoms with Crippen LogP contribution < -0.4 is 5.32 Å². The third-order valence-electron chi connectivity index (χ3n) is 5.20. The predicted octanol–water partition coefficient (Wildman–Crippen LogP) is 4.93. The van der Waals surface area contributed by atoms with Crippen LogP contribution in [0, 0.1) is 6.92 Å². The molecule has 4 nitrogen and oxygen atoms in total. The van der Waals surface area contributed by atoms with Crippen molar-refractivity contribution in [2.75, 3.05) is 18.9 Å². The number of carbonyl (C=O) groups is 2. The maximum absolute atomic E-state index is 13.1. The van der Waals surface area contributed by atoms with Crippen LogP contribution in [0.4, 0.5) is 5.69 Å². The van der Waals surface area contributed by atoms with E-state index in [1.165, 1.54) is 4.90 Å². The third-order valence-corrected chi connectivity index (χ3v) is 5.95. The first-order valence-electron chi connectivity index (χ1n) is 8.89. The molecule has 27 heavy (non-hydrogen) atoms. The van der Waals surface area contributed by atoms with Gasteiger partial charge in [-0.05, 0) is 61.2 Å². The van der Waals surface area contributed by atoms with Crippen LogP contribution in [0.15, 0.2) is 46.9 Å². The Morgan fingerprint density at radius 1 is 1.19 bits per heavy atom. The van der Waals surface area contributed by atoms with Crippen molar-refractivity contribution in [3.05, 3.63) is 63.1 Å². The van der Waals surface area contributed by atoms with Gasteiger partial charge < -0.3 is 10.2 Å². The zero-order chi connectivity index (χ0) is 19.6. The summed E-state index contributed by atoms with van der Waals surface area (Å²) < 4.78 is 0.959. The molecule has 1 saturated carbocycles. The van der Waals surface area contributed by atoms with Gasteiger partial charge in [-0.2, -0.15) is 0 Å². The molecule has 0 heterocycles. The van der Waals surface area contributed by atoms with Gasteiger partial charge in [-0.25, -0.2) is 0 Å². The smallest absolute Gasteiger partial charge is 0.243 e. The summed E-state index contributed by atoms with van der Waals surface area (Å²) in [5.74, 6) is -0.222. The van der Waals surface area contributed by atoms with Gasteiger partial charge in [-0.3, -0.25) is 9.59 Å². The normalized spacial score (nSPS) is 15.0. The second kappa shape index (κ2) is 8.03. The van der Waals surface area contributed by atoms with Crippen molar-refractivity contribution in [3.8, 4) is 0 Å². The van der Waals surface area contributed by atoms with Crippen molar-refractivity contribution < 1.29 is 9.59 Å². The highest BCUT2D eigenvalue weighted by Crippen LogP contribution is 2.45. The summed E-state index contributed by atoms with van der Waals surface area (Å²) >= 11 is 9.39. The Balaban J connectivity index is 1.69. The minimum Gasteiger partial charge on any atom is -0.336 e. The number of nitrogens with one attached hydrogen (secondary N) is 1. The summed E-state index contributed by atoms with van der Waals surface area (Å²) in [7, 11) is 1.69. The Bertz CT molecular complexity index is 863. The van der Waals surface area contributed by atoms with E-state index in [9.17, 15) is 9.59 Å². The molecule has 0 spiro atoms. The first-order valence-corrected chi connectivity index (χ1v) is 10.1. The number of halogens is 2. The molecule has 6 heteroatoms. The van der Waals surface area contributed by atoms with E-state index < -0.39 is 5.41 Å². The lowest BCUT2D eigenvalue weighted by Gasteiger charge is -2.43. The van der Waals surface area contributed by atoms with Crippen LogP contribution in [0.2, 0.25) is 5.02 Å². The fourth-order valence-corrected chi connectivity index (χ4v) is 4.14. The molecule has 1 aliphatic carbocycles. The van der Waals surface area contributed by atoms with Gasteiger partial charge in [0.05, 0.1) is 12.0 Å². The zero-order valence-electron chi connectivity index (χ0n) is 15.4. The fourth-order valence-electron chi connectivity index (χ4n) is 3.53. The molecule has 1 fully saturated rings. The molecule has 3 rings (SSSR count).